The van der Waals surface area contributed by atoms with Crippen molar-refractivity contribution in [2.75, 3.05) is 29.4 Å². The number of hydrogen-bond acceptors (Lipinski definition) is 4. The van der Waals surface area contributed by atoms with E-state index in [9.17, 15) is 4.79 Å². The molecule has 2 aromatic heterocycles. The lowest BCUT2D eigenvalue weighted by Gasteiger charge is -2.23. The summed E-state index contributed by atoms with van der Waals surface area (Å²) >= 11 is 0. The summed E-state index contributed by atoms with van der Waals surface area (Å²) < 4.78 is 1.87. The zero-order valence-corrected chi connectivity index (χ0v) is 14.8. The van der Waals surface area contributed by atoms with E-state index in [1.54, 1.807) is 6.20 Å². The van der Waals surface area contributed by atoms with Crippen LogP contribution in [0.5, 0.6) is 0 Å². The Hall–Kier alpha value is -2.89. The first-order chi connectivity index (χ1) is 12.7. The standard InChI is InChI=1S/C20H21N5O/c1-14-12-19(25-18(22-14)6-9-21-25)23-10-7-16(13-23)20(26)24-11-8-15-4-2-3-5-17(15)24/h2-6,9,12,16H,7-8,10-11,13H2,1H3. The molecule has 132 valence electrons. The van der Waals surface area contributed by atoms with Crippen molar-refractivity contribution >= 4 is 23.1 Å². The number of aryl methyl sites for hydroxylation is 1. The van der Waals surface area contributed by atoms with Crippen molar-refractivity contribution in [1.29, 1.82) is 0 Å². The third-order valence-corrected chi connectivity index (χ3v) is 5.48. The molecule has 6 heteroatoms. The Labute approximate surface area is 152 Å². The van der Waals surface area contributed by atoms with Gasteiger partial charge < -0.3 is 9.80 Å². The highest BCUT2D eigenvalue weighted by molar-refractivity contribution is 5.97. The molecule has 0 radical (unpaired) electrons. The van der Waals surface area contributed by atoms with Crippen molar-refractivity contribution in [2.24, 2.45) is 5.92 Å². The maximum Gasteiger partial charge on any atom is 0.231 e. The number of rotatable bonds is 2. The van der Waals surface area contributed by atoms with Crippen LogP contribution in [0.15, 0.2) is 42.6 Å². The van der Waals surface area contributed by atoms with E-state index in [4.69, 9.17) is 0 Å². The van der Waals surface area contributed by atoms with Crippen LogP contribution >= 0.6 is 0 Å². The van der Waals surface area contributed by atoms with E-state index in [0.29, 0.717) is 0 Å². The molecule has 2 aliphatic rings. The molecule has 2 aliphatic heterocycles. The van der Waals surface area contributed by atoms with Crippen molar-refractivity contribution in [3.63, 3.8) is 0 Å². The molecule has 1 saturated heterocycles. The molecule has 0 bridgehead atoms. The normalized spacial score (nSPS) is 19.3. The molecule has 4 heterocycles. The lowest BCUT2D eigenvalue weighted by atomic mass is 10.1. The number of amides is 1. The van der Waals surface area contributed by atoms with Gasteiger partial charge in [-0.25, -0.2) is 4.98 Å². The molecule has 26 heavy (non-hydrogen) atoms. The summed E-state index contributed by atoms with van der Waals surface area (Å²) in [6.07, 6.45) is 3.60. The highest BCUT2D eigenvalue weighted by Gasteiger charge is 2.35. The second-order valence-corrected chi connectivity index (χ2v) is 7.16. The Morgan fingerprint density at radius 1 is 1.19 bits per heavy atom. The Kier molecular flexibility index (Phi) is 3.45. The van der Waals surface area contributed by atoms with Crippen LogP contribution in [0, 0.1) is 12.8 Å². The van der Waals surface area contributed by atoms with Gasteiger partial charge in [-0.05, 0) is 31.4 Å². The highest BCUT2D eigenvalue weighted by Crippen LogP contribution is 2.32. The first-order valence-corrected chi connectivity index (χ1v) is 9.16. The summed E-state index contributed by atoms with van der Waals surface area (Å²) in [4.78, 5) is 21.9. The molecule has 5 rings (SSSR count). The monoisotopic (exact) mass is 347 g/mol. The van der Waals surface area contributed by atoms with Crippen LogP contribution in [-0.2, 0) is 11.2 Å². The number of hydrogen-bond donors (Lipinski definition) is 0. The number of aromatic nitrogens is 3. The van der Waals surface area contributed by atoms with Gasteiger partial charge in [0.05, 0.1) is 12.1 Å². The predicted octanol–water partition coefficient (Wildman–Crippen LogP) is 2.45. The summed E-state index contributed by atoms with van der Waals surface area (Å²) in [6, 6.07) is 12.2. The minimum absolute atomic E-state index is 0.0280. The van der Waals surface area contributed by atoms with Gasteiger partial charge in [-0.2, -0.15) is 9.61 Å². The molecule has 1 atom stereocenters. The first-order valence-electron chi connectivity index (χ1n) is 9.16. The zero-order valence-electron chi connectivity index (χ0n) is 14.8. The second-order valence-electron chi connectivity index (χ2n) is 7.16. The summed E-state index contributed by atoms with van der Waals surface area (Å²) in [5, 5.41) is 4.40. The number of carbonyl (C=O) groups excluding carboxylic acids is 1. The Bertz CT molecular complexity index is 995. The molecule has 6 nitrogen and oxygen atoms in total. The molecule has 1 aromatic carbocycles. The molecular weight excluding hydrogens is 326 g/mol. The van der Waals surface area contributed by atoms with Gasteiger partial charge in [-0.3, -0.25) is 4.79 Å². The van der Waals surface area contributed by atoms with E-state index < -0.39 is 0 Å². The molecule has 0 N–H and O–H groups in total. The van der Waals surface area contributed by atoms with Gasteiger partial charge in [0.1, 0.15) is 5.82 Å². The van der Waals surface area contributed by atoms with E-state index in [1.807, 2.05) is 34.5 Å². The SMILES string of the molecule is Cc1cc(N2CCC(C(=O)N3CCc4ccccc43)C2)n2nccc2n1. The van der Waals surface area contributed by atoms with Crippen LogP contribution in [0.25, 0.3) is 5.65 Å². The molecule has 0 aliphatic carbocycles. The van der Waals surface area contributed by atoms with Crippen LogP contribution in [-0.4, -0.2) is 40.1 Å². The number of nitrogens with zero attached hydrogens (tertiary/aromatic N) is 5. The second kappa shape index (κ2) is 5.83. The zero-order chi connectivity index (χ0) is 17.7. The molecule has 0 saturated carbocycles. The van der Waals surface area contributed by atoms with E-state index in [0.717, 1.165) is 55.3 Å². The quantitative estimate of drug-likeness (QED) is 0.715. The van der Waals surface area contributed by atoms with Crippen LogP contribution in [0.1, 0.15) is 17.7 Å². The Balaban J connectivity index is 1.39. The first kappa shape index (κ1) is 15.4. The number of fused-ring (bicyclic) bond motifs is 2. The fraction of sp³-hybridized carbons (Fsp3) is 0.350. The third-order valence-electron chi connectivity index (χ3n) is 5.48. The van der Waals surface area contributed by atoms with E-state index in [-0.39, 0.29) is 11.8 Å². The largest absolute Gasteiger partial charge is 0.356 e. The van der Waals surface area contributed by atoms with Crippen molar-refractivity contribution in [1.82, 2.24) is 14.6 Å². The molecule has 0 spiro atoms. The number of para-hydroxylation sites is 1. The van der Waals surface area contributed by atoms with Crippen molar-refractivity contribution in [2.45, 2.75) is 19.8 Å². The van der Waals surface area contributed by atoms with Crippen LogP contribution in [0.4, 0.5) is 11.5 Å². The summed E-state index contributed by atoms with van der Waals surface area (Å²) in [7, 11) is 0. The smallest absolute Gasteiger partial charge is 0.231 e. The molecule has 1 fully saturated rings. The molecular formula is C20H21N5O. The summed E-state index contributed by atoms with van der Waals surface area (Å²) in [6.45, 7) is 4.39. The average molecular weight is 347 g/mol. The molecule has 3 aromatic rings. The number of anilines is 2. The highest BCUT2D eigenvalue weighted by atomic mass is 16.2. The fourth-order valence-corrected chi connectivity index (χ4v) is 4.20. The minimum Gasteiger partial charge on any atom is -0.356 e. The van der Waals surface area contributed by atoms with E-state index >= 15 is 0 Å². The van der Waals surface area contributed by atoms with Crippen molar-refractivity contribution in [3.8, 4) is 0 Å². The van der Waals surface area contributed by atoms with Gasteiger partial charge in [0.25, 0.3) is 0 Å². The van der Waals surface area contributed by atoms with Crippen molar-refractivity contribution in [3.05, 3.63) is 53.9 Å². The minimum atomic E-state index is 0.0280. The number of carbonyl (C=O) groups is 1. The van der Waals surface area contributed by atoms with Gasteiger partial charge in [0.15, 0.2) is 5.65 Å². The van der Waals surface area contributed by atoms with E-state index in [2.05, 4.69) is 33.2 Å². The average Bonchev–Trinajstić information content (AvgIpc) is 3.38. The predicted molar refractivity (Wildman–Crippen MR) is 101 cm³/mol. The summed E-state index contributed by atoms with van der Waals surface area (Å²) in [5.74, 6) is 1.30. The Morgan fingerprint density at radius 2 is 2.08 bits per heavy atom. The third kappa shape index (κ3) is 2.36. The van der Waals surface area contributed by atoms with Gasteiger partial charge in [-0.15, -0.1) is 0 Å². The van der Waals surface area contributed by atoms with Crippen LogP contribution in [0.2, 0.25) is 0 Å². The van der Waals surface area contributed by atoms with Crippen LogP contribution < -0.4 is 9.80 Å². The van der Waals surface area contributed by atoms with Gasteiger partial charge in [0, 0.05) is 43.1 Å². The molecule has 1 amide bonds. The lowest BCUT2D eigenvalue weighted by molar-refractivity contribution is -0.121. The summed E-state index contributed by atoms with van der Waals surface area (Å²) in [5.41, 5.74) is 4.18. The maximum absolute atomic E-state index is 13.1. The lowest BCUT2D eigenvalue weighted by Crippen LogP contribution is -2.36. The maximum atomic E-state index is 13.1. The molecule has 1 unspecified atom stereocenters. The van der Waals surface area contributed by atoms with Crippen molar-refractivity contribution < 1.29 is 4.79 Å². The van der Waals surface area contributed by atoms with Gasteiger partial charge in [0.2, 0.25) is 5.91 Å². The van der Waals surface area contributed by atoms with E-state index in [1.165, 1.54) is 5.56 Å². The topological polar surface area (TPSA) is 53.7 Å². The Morgan fingerprint density at radius 3 is 3.00 bits per heavy atom. The van der Waals surface area contributed by atoms with Gasteiger partial charge in [-0.1, -0.05) is 18.2 Å². The van der Waals surface area contributed by atoms with Crippen LogP contribution in [0.3, 0.4) is 0 Å². The van der Waals surface area contributed by atoms with Gasteiger partial charge >= 0.3 is 0 Å². The number of benzene rings is 1. The fourth-order valence-electron chi connectivity index (χ4n) is 4.20.